The summed E-state index contributed by atoms with van der Waals surface area (Å²) in [6.45, 7) is 5.81. The Morgan fingerprint density at radius 1 is 0.952 bits per heavy atom. The predicted octanol–water partition coefficient (Wildman–Crippen LogP) is 2.54. The lowest BCUT2D eigenvalue weighted by Gasteiger charge is -2.32. The summed E-state index contributed by atoms with van der Waals surface area (Å²) in [5.41, 5.74) is 6.54. The molecule has 0 saturated heterocycles. The number of hydrogen-bond donors (Lipinski definition) is 2. The summed E-state index contributed by atoms with van der Waals surface area (Å²) >= 11 is 0. The number of aliphatic hydroxyl groups is 1. The van der Waals surface area contributed by atoms with E-state index in [2.05, 4.69) is 0 Å². The number of nitrogens with two attached hydrogens (primary N) is 1. The van der Waals surface area contributed by atoms with Crippen molar-refractivity contribution in [1.29, 1.82) is 0 Å². The molecule has 0 aliphatic rings. The van der Waals surface area contributed by atoms with Gasteiger partial charge in [0.05, 0.1) is 33.5 Å². The van der Waals surface area contributed by atoms with Crippen LogP contribution in [0.3, 0.4) is 0 Å². The number of methoxy groups -OCH3 is 3. The molecule has 0 aliphatic heterocycles. The summed E-state index contributed by atoms with van der Waals surface area (Å²) in [6, 6.07) is 2.88. The van der Waals surface area contributed by atoms with E-state index < -0.39 is 12.1 Å². The molecule has 1 aromatic carbocycles. The third-order valence-corrected chi connectivity index (χ3v) is 3.32. The Morgan fingerprint density at radius 3 is 1.76 bits per heavy atom. The van der Waals surface area contributed by atoms with Gasteiger partial charge in [0.25, 0.3) is 0 Å². The molecule has 0 radical (unpaired) electrons. The first kappa shape index (κ1) is 19.8. The van der Waals surface area contributed by atoms with Crippen molar-refractivity contribution < 1.29 is 19.3 Å². The number of halogens is 1. The maximum atomic E-state index is 10.4. The van der Waals surface area contributed by atoms with Crippen molar-refractivity contribution >= 4 is 12.4 Å². The molecule has 0 bridgehead atoms. The molecule has 0 amide bonds. The van der Waals surface area contributed by atoms with Crippen molar-refractivity contribution in [1.82, 2.24) is 0 Å². The van der Waals surface area contributed by atoms with Crippen LogP contribution in [0.1, 0.15) is 32.4 Å². The topological polar surface area (TPSA) is 73.9 Å². The van der Waals surface area contributed by atoms with E-state index in [1.807, 2.05) is 20.8 Å². The molecule has 0 unspecified atom stereocenters. The van der Waals surface area contributed by atoms with E-state index in [0.717, 1.165) is 0 Å². The third kappa shape index (κ3) is 4.40. The number of rotatable bonds is 5. The van der Waals surface area contributed by atoms with E-state index in [1.165, 1.54) is 0 Å². The van der Waals surface area contributed by atoms with Crippen LogP contribution in [0, 0.1) is 5.41 Å². The number of hydrogen-bond acceptors (Lipinski definition) is 5. The molecule has 0 aliphatic carbocycles. The minimum Gasteiger partial charge on any atom is -0.496 e. The van der Waals surface area contributed by atoms with E-state index in [1.54, 1.807) is 33.5 Å². The second-order valence-corrected chi connectivity index (χ2v) is 5.79. The van der Waals surface area contributed by atoms with Gasteiger partial charge in [0.2, 0.25) is 0 Å². The first-order valence-electron chi connectivity index (χ1n) is 6.49. The van der Waals surface area contributed by atoms with Crippen molar-refractivity contribution in [3.05, 3.63) is 17.7 Å². The molecule has 122 valence electrons. The van der Waals surface area contributed by atoms with Gasteiger partial charge in [0.15, 0.2) is 11.5 Å². The van der Waals surface area contributed by atoms with Gasteiger partial charge >= 0.3 is 0 Å². The van der Waals surface area contributed by atoms with Crippen LogP contribution in [0.25, 0.3) is 0 Å². The van der Waals surface area contributed by atoms with Gasteiger partial charge in [-0.15, -0.1) is 12.4 Å². The van der Waals surface area contributed by atoms with Crippen LogP contribution in [0.2, 0.25) is 0 Å². The zero-order chi connectivity index (χ0) is 15.5. The first-order chi connectivity index (χ1) is 9.26. The summed E-state index contributed by atoms with van der Waals surface area (Å²) in [5.74, 6) is 1.68. The molecule has 2 atom stereocenters. The monoisotopic (exact) mass is 319 g/mol. The molecule has 5 nitrogen and oxygen atoms in total. The summed E-state index contributed by atoms with van der Waals surface area (Å²) in [5, 5.41) is 10.4. The van der Waals surface area contributed by atoms with Crippen LogP contribution in [-0.4, -0.2) is 32.5 Å². The average Bonchev–Trinajstić information content (AvgIpc) is 2.42. The van der Waals surface area contributed by atoms with Crippen molar-refractivity contribution in [3.8, 4) is 17.2 Å². The van der Waals surface area contributed by atoms with Crippen LogP contribution in [-0.2, 0) is 0 Å². The number of aliphatic hydroxyl groups excluding tert-OH is 1. The summed E-state index contributed by atoms with van der Waals surface area (Å²) in [6.07, 6.45) is -0.713. The van der Waals surface area contributed by atoms with E-state index in [9.17, 15) is 5.11 Å². The van der Waals surface area contributed by atoms with Gasteiger partial charge in [-0.25, -0.2) is 0 Å². The second kappa shape index (κ2) is 7.73. The largest absolute Gasteiger partial charge is 0.496 e. The van der Waals surface area contributed by atoms with Crippen LogP contribution in [0.15, 0.2) is 12.1 Å². The summed E-state index contributed by atoms with van der Waals surface area (Å²) < 4.78 is 15.9. The van der Waals surface area contributed by atoms with E-state index in [0.29, 0.717) is 22.8 Å². The Balaban J connectivity index is 0.00000400. The molecule has 0 aromatic heterocycles. The van der Waals surface area contributed by atoms with Gasteiger partial charge < -0.3 is 25.1 Å². The fourth-order valence-electron chi connectivity index (χ4n) is 2.02. The Bertz CT molecular complexity index is 460. The standard InChI is InChI=1S/C15H25NO4.ClH/c1-15(2,3)14(17)13(16)9-7-11(19-5)12(20-6)8-10(9)18-4;/h7-8,13-14,17H,16H2,1-6H3;1H/t13-,14-;/m0./s1. The highest BCUT2D eigenvalue weighted by atomic mass is 35.5. The average molecular weight is 320 g/mol. The fourth-order valence-corrected chi connectivity index (χ4v) is 2.02. The molecule has 6 heteroatoms. The van der Waals surface area contributed by atoms with Crippen LogP contribution < -0.4 is 19.9 Å². The SMILES string of the molecule is COc1cc(OC)c([C@H](N)[C@H](O)C(C)(C)C)cc1OC.Cl. The van der Waals surface area contributed by atoms with Crippen molar-refractivity contribution in [3.63, 3.8) is 0 Å². The van der Waals surface area contributed by atoms with Gasteiger partial charge in [-0.3, -0.25) is 0 Å². The van der Waals surface area contributed by atoms with E-state index >= 15 is 0 Å². The molecule has 1 rings (SSSR count). The Morgan fingerprint density at radius 2 is 1.38 bits per heavy atom. The zero-order valence-electron chi connectivity index (χ0n) is 13.5. The predicted molar refractivity (Wildman–Crippen MR) is 85.7 cm³/mol. The maximum absolute atomic E-state index is 10.4. The smallest absolute Gasteiger partial charge is 0.164 e. The molecule has 0 fully saturated rings. The van der Waals surface area contributed by atoms with Crippen LogP contribution >= 0.6 is 12.4 Å². The quantitative estimate of drug-likeness (QED) is 0.872. The fraction of sp³-hybridized carbons (Fsp3) is 0.600. The van der Waals surface area contributed by atoms with Crippen molar-refractivity contribution in [2.75, 3.05) is 21.3 Å². The first-order valence-corrected chi connectivity index (χ1v) is 6.49. The van der Waals surface area contributed by atoms with Crippen molar-refractivity contribution in [2.24, 2.45) is 11.1 Å². The number of benzene rings is 1. The number of ether oxygens (including phenoxy) is 3. The van der Waals surface area contributed by atoms with Gasteiger partial charge in [-0.1, -0.05) is 20.8 Å². The summed E-state index contributed by atoms with van der Waals surface area (Å²) in [7, 11) is 4.67. The normalized spacial score (nSPS) is 13.9. The lowest BCUT2D eigenvalue weighted by molar-refractivity contribution is 0.0394. The zero-order valence-corrected chi connectivity index (χ0v) is 14.3. The van der Waals surface area contributed by atoms with Gasteiger partial charge in [-0.2, -0.15) is 0 Å². The Kier molecular flexibility index (Phi) is 7.30. The molecule has 0 heterocycles. The van der Waals surface area contributed by atoms with Gasteiger partial charge in [-0.05, 0) is 11.5 Å². The van der Waals surface area contributed by atoms with Gasteiger partial charge in [0, 0.05) is 11.6 Å². The van der Waals surface area contributed by atoms with Crippen LogP contribution in [0.5, 0.6) is 17.2 Å². The van der Waals surface area contributed by atoms with E-state index in [-0.39, 0.29) is 17.8 Å². The minimum atomic E-state index is -0.713. The lowest BCUT2D eigenvalue weighted by Crippen LogP contribution is -2.37. The van der Waals surface area contributed by atoms with Gasteiger partial charge in [0.1, 0.15) is 5.75 Å². The molecule has 1 aromatic rings. The van der Waals surface area contributed by atoms with E-state index in [4.69, 9.17) is 19.9 Å². The van der Waals surface area contributed by atoms with Crippen molar-refractivity contribution in [2.45, 2.75) is 32.9 Å². The molecular formula is C15H26ClNO4. The second-order valence-electron chi connectivity index (χ2n) is 5.79. The summed E-state index contributed by atoms with van der Waals surface area (Å²) in [4.78, 5) is 0. The highest BCUT2D eigenvalue weighted by Crippen LogP contribution is 2.39. The molecule has 21 heavy (non-hydrogen) atoms. The maximum Gasteiger partial charge on any atom is 0.164 e. The lowest BCUT2D eigenvalue weighted by atomic mass is 9.82. The third-order valence-electron chi connectivity index (χ3n) is 3.32. The molecule has 3 N–H and O–H groups in total. The minimum absolute atomic E-state index is 0. The van der Waals surface area contributed by atoms with Crippen LogP contribution in [0.4, 0.5) is 0 Å². The Hall–Kier alpha value is -1.17. The Labute approximate surface area is 132 Å². The molecule has 0 spiro atoms. The molecular weight excluding hydrogens is 294 g/mol. The highest BCUT2D eigenvalue weighted by Gasteiger charge is 2.31. The molecule has 0 saturated carbocycles. The highest BCUT2D eigenvalue weighted by molar-refractivity contribution is 5.85.